The molecule has 4 rings (SSSR count). The molecule has 2 N–H and O–H groups in total. The van der Waals surface area contributed by atoms with Gasteiger partial charge < -0.3 is 14.9 Å². The van der Waals surface area contributed by atoms with Crippen LogP contribution in [0.2, 0.25) is 0 Å². The molecule has 0 aromatic heterocycles. The maximum atomic E-state index is 13.1. The monoisotopic (exact) mass is 446 g/mol. The van der Waals surface area contributed by atoms with Gasteiger partial charge in [0.2, 0.25) is 5.78 Å². The summed E-state index contributed by atoms with van der Waals surface area (Å²) in [7, 11) is 0. The standard InChI is InChI=1S/C26H38O6/c1-4-5-6-22(31)32-26(21(30)15-27)12-10-19-18-8-7-16-13-17(28)9-11-24(16,2)23(18)20(29)14-25(19,26)3/h13,18-20,23,27,29H,4-12,14-15H2,1-3H3/t18-,19-,20-,23+,24-,25+,26-/m0/s1. The number of hydrogen-bond donors (Lipinski definition) is 2. The number of esters is 1. The highest BCUT2D eigenvalue weighted by Crippen LogP contribution is 2.68. The van der Waals surface area contributed by atoms with Gasteiger partial charge in [0, 0.05) is 18.3 Å². The van der Waals surface area contributed by atoms with Crippen molar-refractivity contribution in [3.63, 3.8) is 0 Å². The minimum absolute atomic E-state index is 0.0319. The number of ketones is 2. The summed E-state index contributed by atoms with van der Waals surface area (Å²) in [5, 5.41) is 21.4. The number of carbonyl (C=O) groups excluding carboxylic acids is 3. The van der Waals surface area contributed by atoms with Crippen LogP contribution in [0, 0.1) is 28.6 Å². The molecule has 3 saturated carbocycles. The smallest absolute Gasteiger partial charge is 0.306 e. The Labute approximate surface area is 190 Å². The van der Waals surface area contributed by atoms with Gasteiger partial charge in [0.25, 0.3) is 0 Å². The van der Waals surface area contributed by atoms with Crippen LogP contribution in [0.4, 0.5) is 0 Å². The Bertz CT molecular complexity index is 832. The minimum Gasteiger partial charge on any atom is -0.450 e. The largest absolute Gasteiger partial charge is 0.450 e. The van der Waals surface area contributed by atoms with Crippen molar-refractivity contribution in [2.75, 3.05) is 6.61 Å². The molecule has 7 atom stereocenters. The summed E-state index contributed by atoms with van der Waals surface area (Å²) in [4.78, 5) is 37.9. The summed E-state index contributed by atoms with van der Waals surface area (Å²) in [5.74, 6) is -0.297. The van der Waals surface area contributed by atoms with Crippen molar-refractivity contribution in [2.45, 2.75) is 96.7 Å². The van der Waals surface area contributed by atoms with Crippen molar-refractivity contribution in [2.24, 2.45) is 28.6 Å². The van der Waals surface area contributed by atoms with Crippen molar-refractivity contribution in [3.8, 4) is 0 Å². The van der Waals surface area contributed by atoms with E-state index in [-0.39, 0.29) is 35.4 Å². The Morgan fingerprint density at radius 1 is 1.19 bits per heavy atom. The fourth-order valence-electron chi connectivity index (χ4n) is 8.05. The highest BCUT2D eigenvalue weighted by atomic mass is 16.6. The van der Waals surface area contributed by atoms with Crippen LogP contribution < -0.4 is 0 Å². The van der Waals surface area contributed by atoms with Gasteiger partial charge in [-0.15, -0.1) is 0 Å². The van der Waals surface area contributed by atoms with E-state index in [1.807, 2.05) is 19.9 Å². The topological polar surface area (TPSA) is 101 Å². The Hall–Kier alpha value is -1.53. The first kappa shape index (κ1) is 23.6. The van der Waals surface area contributed by atoms with Gasteiger partial charge in [-0.05, 0) is 74.2 Å². The number of hydrogen-bond acceptors (Lipinski definition) is 6. The van der Waals surface area contributed by atoms with Crippen molar-refractivity contribution in [1.29, 1.82) is 0 Å². The number of unbranched alkanes of at least 4 members (excludes halogenated alkanes) is 1. The second kappa shape index (κ2) is 8.35. The average molecular weight is 447 g/mol. The number of ether oxygens (including phenoxy) is 1. The third-order valence-electron chi connectivity index (χ3n) is 9.63. The molecule has 0 radical (unpaired) electrons. The lowest BCUT2D eigenvalue weighted by atomic mass is 9.45. The zero-order chi connectivity index (χ0) is 23.3. The average Bonchev–Trinajstić information content (AvgIpc) is 3.04. The molecule has 0 aromatic carbocycles. The lowest BCUT2D eigenvalue weighted by Crippen LogP contribution is -2.63. The van der Waals surface area contributed by atoms with E-state index in [0.717, 1.165) is 32.1 Å². The van der Waals surface area contributed by atoms with E-state index in [1.54, 1.807) is 0 Å². The van der Waals surface area contributed by atoms with E-state index in [2.05, 4.69) is 6.92 Å². The molecule has 6 heteroatoms. The number of rotatable bonds is 6. The molecule has 0 saturated heterocycles. The van der Waals surface area contributed by atoms with Crippen LogP contribution in [-0.4, -0.2) is 46.1 Å². The van der Waals surface area contributed by atoms with Crippen LogP contribution in [-0.2, 0) is 19.1 Å². The molecule has 4 aliphatic rings. The van der Waals surface area contributed by atoms with Gasteiger partial charge in [-0.25, -0.2) is 0 Å². The molecule has 178 valence electrons. The van der Waals surface area contributed by atoms with Crippen LogP contribution in [0.1, 0.15) is 85.0 Å². The number of aliphatic hydroxyl groups is 2. The van der Waals surface area contributed by atoms with Gasteiger partial charge in [0.1, 0.15) is 6.61 Å². The van der Waals surface area contributed by atoms with Crippen LogP contribution in [0.25, 0.3) is 0 Å². The lowest BCUT2D eigenvalue weighted by Gasteiger charge is -2.60. The molecule has 6 nitrogen and oxygen atoms in total. The third-order valence-corrected chi connectivity index (χ3v) is 9.63. The van der Waals surface area contributed by atoms with Gasteiger partial charge in [-0.3, -0.25) is 14.4 Å². The molecular formula is C26H38O6. The van der Waals surface area contributed by atoms with Crippen LogP contribution in [0.3, 0.4) is 0 Å². The summed E-state index contributed by atoms with van der Waals surface area (Å²) < 4.78 is 5.98. The van der Waals surface area contributed by atoms with Crippen LogP contribution in [0.5, 0.6) is 0 Å². The van der Waals surface area contributed by atoms with E-state index in [4.69, 9.17) is 4.74 Å². The first-order valence-electron chi connectivity index (χ1n) is 12.4. The Morgan fingerprint density at radius 3 is 2.62 bits per heavy atom. The molecular weight excluding hydrogens is 408 g/mol. The Kier molecular flexibility index (Phi) is 6.17. The first-order chi connectivity index (χ1) is 15.1. The zero-order valence-corrected chi connectivity index (χ0v) is 19.7. The number of allylic oxidation sites excluding steroid dienone is 1. The second-order valence-corrected chi connectivity index (χ2v) is 11.1. The van der Waals surface area contributed by atoms with Crippen LogP contribution in [0.15, 0.2) is 11.6 Å². The van der Waals surface area contributed by atoms with Crippen molar-refractivity contribution >= 4 is 17.5 Å². The quantitative estimate of drug-likeness (QED) is 0.606. The summed E-state index contributed by atoms with van der Waals surface area (Å²) >= 11 is 0. The normalized spacial score (nSPS) is 43.0. The Balaban J connectivity index is 1.70. The second-order valence-electron chi connectivity index (χ2n) is 11.1. The summed E-state index contributed by atoms with van der Waals surface area (Å²) in [6.45, 7) is 5.51. The SMILES string of the molecule is CCCCC(=O)O[C@]1(C(=O)CO)CC[C@H]2[C@@H]3CCC4=CC(=O)CC[C@]4(C)[C@H]3[C@@H](O)C[C@]21C. The van der Waals surface area contributed by atoms with Crippen LogP contribution >= 0.6 is 0 Å². The fraction of sp³-hybridized carbons (Fsp3) is 0.808. The first-order valence-corrected chi connectivity index (χ1v) is 12.4. The summed E-state index contributed by atoms with van der Waals surface area (Å²) in [6, 6.07) is 0. The van der Waals surface area contributed by atoms with Gasteiger partial charge >= 0.3 is 5.97 Å². The molecule has 3 fully saturated rings. The van der Waals surface area contributed by atoms with Gasteiger partial charge in [-0.2, -0.15) is 0 Å². The highest BCUT2D eigenvalue weighted by molar-refractivity contribution is 5.92. The van der Waals surface area contributed by atoms with Gasteiger partial charge in [0.05, 0.1) is 6.10 Å². The number of Topliss-reactive ketones (excluding diaryl/α,β-unsaturated/α-hetero) is 1. The lowest BCUT2D eigenvalue weighted by molar-refractivity contribution is -0.202. The van der Waals surface area contributed by atoms with Crippen molar-refractivity contribution in [3.05, 3.63) is 11.6 Å². The molecule has 0 aliphatic heterocycles. The Morgan fingerprint density at radius 2 is 1.94 bits per heavy atom. The van der Waals surface area contributed by atoms with Crippen molar-refractivity contribution < 1.29 is 29.3 Å². The van der Waals surface area contributed by atoms with E-state index in [1.165, 1.54) is 5.57 Å². The minimum atomic E-state index is -1.37. The molecule has 4 aliphatic carbocycles. The fourth-order valence-corrected chi connectivity index (χ4v) is 8.05. The van der Waals surface area contributed by atoms with E-state index in [0.29, 0.717) is 25.7 Å². The molecule has 0 aromatic rings. The van der Waals surface area contributed by atoms with Gasteiger partial charge in [0.15, 0.2) is 11.4 Å². The maximum absolute atomic E-state index is 13.1. The van der Waals surface area contributed by atoms with E-state index >= 15 is 0 Å². The molecule has 32 heavy (non-hydrogen) atoms. The van der Waals surface area contributed by atoms with E-state index < -0.39 is 35.5 Å². The molecule has 0 amide bonds. The van der Waals surface area contributed by atoms with Gasteiger partial charge in [-0.1, -0.05) is 32.8 Å². The molecule has 0 unspecified atom stereocenters. The zero-order valence-electron chi connectivity index (χ0n) is 19.7. The maximum Gasteiger partial charge on any atom is 0.306 e. The van der Waals surface area contributed by atoms with E-state index in [9.17, 15) is 24.6 Å². The molecule has 0 heterocycles. The third kappa shape index (κ3) is 3.32. The number of carbonyl (C=O) groups is 3. The molecule has 0 spiro atoms. The summed E-state index contributed by atoms with van der Waals surface area (Å²) in [6.07, 6.45) is 7.44. The highest BCUT2D eigenvalue weighted by Gasteiger charge is 2.70. The number of fused-ring (bicyclic) bond motifs is 5. The molecule has 0 bridgehead atoms. The summed E-state index contributed by atoms with van der Waals surface area (Å²) in [5.41, 5.74) is -1.12. The number of aliphatic hydroxyl groups excluding tert-OH is 2. The predicted molar refractivity (Wildman–Crippen MR) is 119 cm³/mol. The predicted octanol–water partition coefficient (Wildman–Crippen LogP) is 3.52. The van der Waals surface area contributed by atoms with Crippen molar-refractivity contribution in [1.82, 2.24) is 0 Å².